The first kappa shape index (κ1) is 43.6. The maximum Gasteiger partial charge on any atom is 0.352 e. The number of carboxylic acids is 1. The van der Waals surface area contributed by atoms with Crippen LogP contribution >= 0.6 is 11.8 Å². The lowest BCUT2D eigenvalue weighted by atomic mass is 9.98. The van der Waals surface area contributed by atoms with Crippen LogP contribution in [0.1, 0.15) is 62.0 Å². The van der Waals surface area contributed by atoms with Gasteiger partial charge in [-0.15, -0.1) is 11.8 Å². The van der Waals surface area contributed by atoms with Crippen molar-refractivity contribution in [1.82, 2.24) is 25.1 Å². The summed E-state index contributed by atoms with van der Waals surface area (Å²) in [6.45, 7) is 3.58. The van der Waals surface area contributed by atoms with Gasteiger partial charge >= 0.3 is 11.9 Å². The van der Waals surface area contributed by atoms with Gasteiger partial charge in [0.25, 0.3) is 29.2 Å². The van der Waals surface area contributed by atoms with Crippen molar-refractivity contribution < 1.29 is 48.2 Å². The molecule has 0 bridgehead atoms. The molecule has 1 saturated heterocycles. The molecule has 2 aromatic carbocycles. The van der Waals surface area contributed by atoms with E-state index in [9.17, 15) is 48.3 Å². The molecular weight excluding hydrogens is 789 g/mol. The molecule has 3 unspecified atom stereocenters. The molecule has 0 aliphatic carbocycles. The Balaban J connectivity index is 1.45. The first-order chi connectivity index (χ1) is 28.1. The first-order valence-corrected chi connectivity index (χ1v) is 19.3. The number of amides is 6. The number of thioether (sulfide) groups is 1. The molecule has 0 saturated carbocycles. The fraction of sp³-hybridized carbons (Fsp3) is 0.333. The summed E-state index contributed by atoms with van der Waals surface area (Å²) in [5, 5.41) is 11.5. The lowest BCUT2D eigenvalue weighted by Crippen LogP contribution is -2.73. The molecule has 0 spiro atoms. The van der Waals surface area contributed by atoms with Crippen LogP contribution in [0.25, 0.3) is 11.4 Å². The van der Waals surface area contributed by atoms with Crippen LogP contribution in [0.2, 0.25) is 0 Å². The van der Waals surface area contributed by atoms with Crippen molar-refractivity contribution >= 4 is 64.8 Å². The van der Waals surface area contributed by atoms with Gasteiger partial charge in [-0.05, 0) is 55.6 Å². The highest BCUT2D eigenvalue weighted by Gasteiger charge is 2.59. The standard InChI is InChI=1S/C39H42N8O11S/c1-20(48)43-28(11-7-8-16-40)35(53)45(21(2)49)26-14-12-24(13-15-26)32-42-17-27(33(51)44-32)34(52)46(36(54)29(41)23-9-5-4-6-10-23)31-37(55)47-30(39(56)57)25(18-58-22(3)50)19-59-38(31)47/h4-6,9-10,12-15,17,28-29,31,38H,7-8,11,16,18-19,40-41H2,1-3H3,(H,43,48)(H,56,57)(H,42,44,51)/t28?,29?,31?,38-/m0/s1. The average Bonchev–Trinajstić information content (AvgIpc) is 3.20. The number of imide groups is 2. The molecule has 59 heavy (non-hydrogen) atoms. The van der Waals surface area contributed by atoms with Crippen LogP contribution < -0.4 is 27.2 Å². The highest BCUT2D eigenvalue weighted by Crippen LogP contribution is 2.43. The third-order valence-electron chi connectivity index (χ3n) is 9.42. The summed E-state index contributed by atoms with van der Waals surface area (Å²) in [4.78, 5) is 127. The van der Waals surface area contributed by atoms with E-state index < -0.39 is 94.3 Å². The van der Waals surface area contributed by atoms with Gasteiger partial charge in [-0.1, -0.05) is 30.3 Å². The van der Waals surface area contributed by atoms with Crippen molar-refractivity contribution in [2.45, 2.75) is 63.5 Å². The van der Waals surface area contributed by atoms with E-state index in [1.54, 1.807) is 18.2 Å². The smallest absolute Gasteiger partial charge is 0.352 e. The molecule has 5 rings (SSSR count). The summed E-state index contributed by atoms with van der Waals surface area (Å²) < 4.78 is 4.98. The zero-order valence-electron chi connectivity index (χ0n) is 32.2. The summed E-state index contributed by atoms with van der Waals surface area (Å²) in [6, 6.07) is 9.69. The van der Waals surface area contributed by atoms with Crippen LogP contribution in [0.15, 0.2) is 76.9 Å². The van der Waals surface area contributed by atoms with Crippen LogP contribution in [-0.2, 0) is 38.3 Å². The van der Waals surface area contributed by atoms with Gasteiger partial charge < -0.3 is 31.6 Å². The highest BCUT2D eigenvalue weighted by molar-refractivity contribution is 8.00. The zero-order valence-corrected chi connectivity index (χ0v) is 33.0. The number of nitrogens with zero attached hydrogens (tertiary/aromatic N) is 4. The number of nitrogens with two attached hydrogens (primary N) is 2. The van der Waals surface area contributed by atoms with E-state index in [4.69, 9.17) is 16.2 Å². The Morgan fingerprint density at radius 2 is 1.68 bits per heavy atom. The van der Waals surface area contributed by atoms with Crippen LogP contribution in [-0.4, -0.2) is 109 Å². The molecule has 19 nitrogen and oxygen atoms in total. The van der Waals surface area contributed by atoms with Crippen molar-refractivity contribution in [3.8, 4) is 11.4 Å². The van der Waals surface area contributed by atoms with Crippen LogP contribution in [0.4, 0.5) is 5.69 Å². The Labute approximate surface area is 341 Å². The molecule has 310 valence electrons. The zero-order chi connectivity index (χ0) is 43.1. The minimum absolute atomic E-state index is 0.0283. The largest absolute Gasteiger partial charge is 0.477 e. The molecule has 20 heteroatoms. The number of carbonyl (C=O) groups is 8. The molecule has 1 aromatic heterocycles. The van der Waals surface area contributed by atoms with Crippen LogP contribution in [0.5, 0.6) is 0 Å². The third-order valence-corrected chi connectivity index (χ3v) is 10.7. The second-order valence-corrected chi connectivity index (χ2v) is 14.7. The minimum Gasteiger partial charge on any atom is -0.477 e. The van der Waals surface area contributed by atoms with E-state index in [0.717, 1.165) is 34.7 Å². The van der Waals surface area contributed by atoms with E-state index >= 15 is 0 Å². The summed E-state index contributed by atoms with van der Waals surface area (Å²) in [7, 11) is 0. The Bertz CT molecular complexity index is 2260. The highest BCUT2D eigenvalue weighted by atomic mass is 32.2. The molecule has 7 N–H and O–H groups in total. The van der Waals surface area contributed by atoms with E-state index in [0.29, 0.717) is 29.8 Å². The lowest BCUT2D eigenvalue weighted by Gasteiger charge is -2.52. The van der Waals surface area contributed by atoms with E-state index in [1.807, 2.05) is 0 Å². The lowest BCUT2D eigenvalue weighted by molar-refractivity contribution is -0.157. The topological polar surface area (TPSA) is 286 Å². The summed E-state index contributed by atoms with van der Waals surface area (Å²) in [6.07, 6.45) is 2.30. The normalized spacial score (nSPS) is 16.8. The number of hydrogen-bond donors (Lipinski definition) is 5. The maximum absolute atomic E-state index is 14.3. The van der Waals surface area contributed by atoms with Gasteiger partial charge in [0.05, 0.1) is 5.69 Å². The number of aromatic amines is 1. The van der Waals surface area contributed by atoms with Gasteiger partial charge in [0.15, 0.2) is 0 Å². The number of H-pyrrole nitrogens is 1. The van der Waals surface area contributed by atoms with Crippen molar-refractivity contribution in [3.05, 3.63) is 93.5 Å². The molecule has 2 aliphatic rings. The van der Waals surface area contributed by atoms with Gasteiger partial charge in [0.1, 0.15) is 47.2 Å². The Kier molecular flexibility index (Phi) is 13.9. The van der Waals surface area contributed by atoms with Gasteiger partial charge in [0, 0.05) is 43.9 Å². The number of β-lactam (4-membered cyclic amide) rings is 1. The molecule has 6 amide bonds. The van der Waals surface area contributed by atoms with E-state index in [1.165, 1.54) is 50.2 Å². The molecule has 0 radical (unpaired) electrons. The molecule has 3 heterocycles. The Morgan fingerprint density at radius 1 is 1.00 bits per heavy atom. The van der Waals surface area contributed by atoms with Gasteiger partial charge in [-0.2, -0.15) is 0 Å². The van der Waals surface area contributed by atoms with E-state index in [2.05, 4.69) is 15.3 Å². The number of aliphatic carboxylic acids is 1. The third kappa shape index (κ3) is 9.46. The monoisotopic (exact) mass is 830 g/mol. The quantitative estimate of drug-likeness (QED) is 0.0805. The number of rotatable bonds is 15. The average molecular weight is 831 g/mol. The number of unbranched alkanes of at least 4 members (excludes halogenated alkanes) is 1. The number of benzene rings is 2. The number of hydrogen-bond acceptors (Lipinski definition) is 14. The molecule has 4 atom stereocenters. The second-order valence-electron chi connectivity index (χ2n) is 13.5. The fourth-order valence-corrected chi connectivity index (χ4v) is 7.96. The number of esters is 1. The Morgan fingerprint density at radius 3 is 2.25 bits per heavy atom. The second kappa shape index (κ2) is 18.8. The van der Waals surface area contributed by atoms with Crippen LogP contribution in [0.3, 0.4) is 0 Å². The van der Waals surface area contributed by atoms with Crippen molar-refractivity contribution in [2.75, 3.05) is 23.8 Å². The summed E-state index contributed by atoms with van der Waals surface area (Å²) >= 11 is 1.03. The van der Waals surface area contributed by atoms with Gasteiger partial charge in [-0.3, -0.25) is 48.2 Å². The Hall–Kier alpha value is -6.51. The number of ether oxygens (including phenoxy) is 1. The van der Waals surface area contributed by atoms with Crippen molar-refractivity contribution in [3.63, 3.8) is 0 Å². The summed E-state index contributed by atoms with van der Waals surface area (Å²) in [5.41, 5.74) is 10.7. The fourth-order valence-electron chi connectivity index (χ4n) is 6.59. The predicted molar refractivity (Wildman–Crippen MR) is 212 cm³/mol. The maximum atomic E-state index is 14.3. The molecular formula is C39H42N8O11S. The minimum atomic E-state index is -1.58. The predicted octanol–water partition coefficient (Wildman–Crippen LogP) is 0.804. The SMILES string of the molecule is CC(=O)NC(CCCCN)C(=O)N(C(C)=O)c1ccc(-c2ncc(C(=O)N(C(=O)C(N)c3ccccc3)C3C(=O)N4C(C(=O)O)=C(COC(C)=O)CS[C@@H]34)c(=O)[nH]2)cc1. The number of aromatic nitrogens is 2. The van der Waals surface area contributed by atoms with Crippen molar-refractivity contribution in [1.29, 1.82) is 0 Å². The number of nitrogens with one attached hydrogen (secondary N) is 2. The summed E-state index contributed by atoms with van der Waals surface area (Å²) in [5.74, 6) is -7.18. The molecule has 3 aromatic rings. The van der Waals surface area contributed by atoms with E-state index in [-0.39, 0.29) is 34.8 Å². The number of carboxylic acid groups (broad SMARTS) is 1. The van der Waals surface area contributed by atoms with Crippen molar-refractivity contribution in [2.24, 2.45) is 11.5 Å². The van der Waals surface area contributed by atoms with Crippen LogP contribution in [0, 0.1) is 0 Å². The number of carbonyl (C=O) groups excluding carboxylic acids is 7. The molecule has 2 aliphatic heterocycles. The molecule has 1 fully saturated rings. The first-order valence-electron chi connectivity index (χ1n) is 18.3. The number of fused-ring (bicyclic) bond motifs is 1. The van der Waals surface area contributed by atoms with Gasteiger partial charge in [-0.25, -0.2) is 14.7 Å². The van der Waals surface area contributed by atoms with Gasteiger partial charge in [0.2, 0.25) is 11.8 Å². The number of anilines is 1.